The van der Waals surface area contributed by atoms with Crippen molar-refractivity contribution >= 4 is 5.97 Å². The molecule has 0 aromatic carbocycles. The van der Waals surface area contributed by atoms with Crippen molar-refractivity contribution < 1.29 is 14.6 Å². The van der Waals surface area contributed by atoms with Crippen molar-refractivity contribution in [2.75, 3.05) is 0 Å². The van der Waals surface area contributed by atoms with E-state index >= 15 is 0 Å². The minimum atomic E-state index is -0.953. The van der Waals surface area contributed by atoms with E-state index in [-0.39, 0.29) is 17.6 Å². The van der Waals surface area contributed by atoms with Crippen molar-refractivity contribution in [3.8, 4) is 5.88 Å². The van der Waals surface area contributed by atoms with E-state index in [1.165, 1.54) is 6.07 Å². The lowest BCUT2D eigenvalue weighted by Gasteiger charge is -2.17. The summed E-state index contributed by atoms with van der Waals surface area (Å²) in [5.74, 6) is 0.145. The van der Waals surface area contributed by atoms with Crippen LogP contribution in [0.2, 0.25) is 0 Å². The zero-order valence-corrected chi connectivity index (χ0v) is 12.3. The van der Waals surface area contributed by atoms with Crippen molar-refractivity contribution in [1.82, 2.24) is 4.98 Å². The molecule has 106 valence electrons. The molecule has 0 fully saturated rings. The molecule has 1 N–H and O–H groups in total. The Kier molecular flexibility index (Phi) is 5.33. The molecule has 0 spiro atoms. The van der Waals surface area contributed by atoms with Gasteiger partial charge in [-0.3, -0.25) is 0 Å². The third kappa shape index (κ3) is 4.89. The maximum Gasteiger partial charge on any atom is 0.335 e. The van der Waals surface area contributed by atoms with Gasteiger partial charge >= 0.3 is 5.97 Å². The number of hydrogen-bond acceptors (Lipinski definition) is 3. The van der Waals surface area contributed by atoms with Gasteiger partial charge in [0.1, 0.15) is 0 Å². The van der Waals surface area contributed by atoms with Crippen LogP contribution in [0.5, 0.6) is 5.88 Å². The van der Waals surface area contributed by atoms with Gasteiger partial charge in [-0.2, -0.15) is 0 Å². The first-order valence-electron chi connectivity index (χ1n) is 6.71. The molecule has 1 unspecified atom stereocenters. The second-order valence-electron chi connectivity index (χ2n) is 5.64. The van der Waals surface area contributed by atoms with Gasteiger partial charge in [0.05, 0.1) is 11.7 Å². The summed E-state index contributed by atoms with van der Waals surface area (Å²) in [6.07, 6.45) is 0.937. The van der Waals surface area contributed by atoms with Crippen LogP contribution in [0.25, 0.3) is 0 Å². The molecular weight excluding hydrogens is 242 g/mol. The highest BCUT2D eigenvalue weighted by molar-refractivity contribution is 5.88. The van der Waals surface area contributed by atoms with Crippen LogP contribution in [0, 0.1) is 5.92 Å². The second kappa shape index (κ2) is 6.55. The van der Waals surface area contributed by atoms with Gasteiger partial charge in [-0.15, -0.1) is 0 Å². The first kappa shape index (κ1) is 15.5. The van der Waals surface area contributed by atoms with Gasteiger partial charge in [0, 0.05) is 11.8 Å². The Morgan fingerprint density at radius 1 is 1.26 bits per heavy atom. The van der Waals surface area contributed by atoms with Crippen molar-refractivity contribution in [3.05, 3.63) is 23.4 Å². The molecule has 4 heteroatoms. The van der Waals surface area contributed by atoms with Gasteiger partial charge in [-0.1, -0.05) is 27.7 Å². The van der Waals surface area contributed by atoms with E-state index in [0.29, 0.717) is 11.8 Å². The van der Waals surface area contributed by atoms with Crippen LogP contribution < -0.4 is 4.74 Å². The molecule has 1 aromatic heterocycles. The largest absolute Gasteiger partial charge is 0.478 e. The Balaban J connectivity index is 2.96. The number of pyridine rings is 1. The highest BCUT2D eigenvalue weighted by Crippen LogP contribution is 2.21. The molecule has 0 saturated carbocycles. The van der Waals surface area contributed by atoms with Crippen LogP contribution in [0.3, 0.4) is 0 Å². The second-order valence-corrected chi connectivity index (χ2v) is 5.64. The molecule has 0 aliphatic heterocycles. The summed E-state index contributed by atoms with van der Waals surface area (Å²) in [6.45, 7) is 10.2. The van der Waals surface area contributed by atoms with Gasteiger partial charge in [0.2, 0.25) is 5.88 Å². The fraction of sp³-hybridized carbons (Fsp3) is 0.600. The number of aromatic nitrogens is 1. The molecule has 1 rings (SSSR count). The first-order chi connectivity index (χ1) is 8.79. The molecule has 4 nitrogen and oxygen atoms in total. The van der Waals surface area contributed by atoms with Crippen molar-refractivity contribution in [1.29, 1.82) is 0 Å². The highest BCUT2D eigenvalue weighted by Gasteiger charge is 2.14. The Hall–Kier alpha value is -1.58. The van der Waals surface area contributed by atoms with Crippen LogP contribution in [0.1, 0.15) is 63.0 Å². The van der Waals surface area contributed by atoms with E-state index in [1.807, 2.05) is 20.8 Å². The molecule has 0 bridgehead atoms. The van der Waals surface area contributed by atoms with Gasteiger partial charge in [-0.05, 0) is 31.2 Å². The van der Waals surface area contributed by atoms with Crippen LogP contribution in [-0.2, 0) is 0 Å². The summed E-state index contributed by atoms with van der Waals surface area (Å²) in [5, 5.41) is 9.11. The Morgan fingerprint density at radius 3 is 2.37 bits per heavy atom. The zero-order chi connectivity index (χ0) is 14.6. The molecule has 19 heavy (non-hydrogen) atoms. The lowest BCUT2D eigenvalue weighted by molar-refractivity contribution is 0.0695. The maximum absolute atomic E-state index is 11.1. The molecule has 0 amide bonds. The molecular formula is C15H23NO3. The quantitative estimate of drug-likeness (QED) is 0.851. The van der Waals surface area contributed by atoms with E-state index in [4.69, 9.17) is 9.84 Å². The molecule has 1 atom stereocenters. The third-order valence-electron chi connectivity index (χ3n) is 2.79. The van der Waals surface area contributed by atoms with Gasteiger partial charge in [0.15, 0.2) is 0 Å². The summed E-state index contributed by atoms with van der Waals surface area (Å²) in [5.41, 5.74) is 0.970. The smallest absolute Gasteiger partial charge is 0.335 e. The molecule has 1 aromatic rings. The number of hydrogen-bond donors (Lipinski definition) is 1. The lowest BCUT2D eigenvalue weighted by atomic mass is 10.1. The predicted octanol–water partition coefficient (Wildman–Crippen LogP) is 3.72. The molecule has 0 saturated heterocycles. The minimum absolute atomic E-state index is 0.0246. The number of rotatable bonds is 6. The average molecular weight is 265 g/mol. The van der Waals surface area contributed by atoms with E-state index in [2.05, 4.69) is 18.8 Å². The summed E-state index contributed by atoms with van der Waals surface area (Å²) in [6, 6.07) is 3.10. The van der Waals surface area contributed by atoms with E-state index in [1.54, 1.807) is 6.07 Å². The van der Waals surface area contributed by atoms with Crippen molar-refractivity contribution in [2.45, 2.75) is 53.1 Å². The van der Waals surface area contributed by atoms with E-state index in [9.17, 15) is 4.79 Å². The predicted molar refractivity (Wildman–Crippen MR) is 74.8 cm³/mol. The fourth-order valence-corrected chi connectivity index (χ4v) is 1.92. The number of carbonyl (C=O) groups is 1. The summed E-state index contributed by atoms with van der Waals surface area (Å²) in [7, 11) is 0. The molecule has 0 aliphatic rings. The summed E-state index contributed by atoms with van der Waals surface area (Å²) < 4.78 is 5.73. The lowest BCUT2D eigenvalue weighted by Crippen LogP contribution is -2.16. The van der Waals surface area contributed by atoms with E-state index in [0.717, 1.165) is 12.1 Å². The monoisotopic (exact) mass is 265 g/mol. The fourth-order valence-electron chi connectivity index (χ4n) is 1.92. The Labute approximate surface area is 114 Å². The third-order valence-corrected chi connectivity index (χ3v) is 2.79. The topological polar surface area (TPSA) is 59.4 Å². The van der Waals surface area contributed by atoms with E-state index < -0.39 is 5.97 Å². The molecule has 0 radical (unpaired) electrons. The van der Waals surface area contributed by atoms with Crippen LogP contribution in [0.15, 0.2) is 12.1 Å². The summed E-state index contributed by atoms with van der Waals surface area (Å²) >= 11 is 0. The number of ether oxygens (including phenoxy) is 1. The number of carboxylic acid groups (broad SMARTS) is 1. The number of aromatic carboxylic acids is 1. The van der Waals surface area contributed by atoms with Gasteiger partial charge in [0.25, 0.3) is 0 Å². The van der Waals surface area contributed by atoms with Crippen molar-refractivity contribution in [3.63, 3.8) is 0 Å². The standard InChI is InChI=1S/C15H23NO3/c1-9(2)6-11(5)19-14-8-12(15(17)18)7-13(16-14)10(3)4/h7-11H,6H2,1-5H3,(H,17,18). The number of carboxylic acids is 1. The van der Waals surface area contributed by atoms with Gasteiger partial charge < -0.3 is 9.84 Å². The first-order valence-corrected chi connectivity index (χ1v) is 6.71. The average Bonchev–Trinajstić information content (AvgIpc) is 2.26. The van der Waals surface area contributed by atoms with Crippen LogP contribution in [-0.4, -0.2) is 22.2 Å². The zero-order valence-electron chi connectivity index (χ0n) is 12.3. The number of nitrogens with zero attached hydrogens (tertiary/aromatic N) is 1. The Bertz CT molecular complexity index is 441. The SMILES string of the molecule is CC(C)CC(C)Oc1cc(C(=O)O)cc(C(C)C)n1. The van der Waals surface area contributed by atoms with Gasteiger partial charge in [-0.25, -0.2) is 9.78 Å². The Morgan fingerprint density at radius 2 is 1.89 bits per heavy atom. The van der Waals surface area contributed by atoms with Crippen LogP contribution in [0.4, 0.5) is 0 Å². The van der Waals surface area contributed by atoms with Crippen LogP contribution >= 0.6 is 0 Å². The summed E-state index contributed by atoms with van der Waals surface area (Å²) in [4.78, 5) is 15.5. The minimum Gasteiger partial charge on any atom is -0.478 e. The normalized spacial score (nSPS) is 12.8. The highest BCUT2D eigenvalue weighted by atomic mass is 16.5. The molecule has 1 heterocycles. The van der Waals surface area contributed by atoms with Crippen molar-refractivity contribution in [2.24, 2.45) is 5.92 Å². The molecule has 0 aliphatic carbocycles. The maximum atomic E-state index is 11.1.